The number of carbonyl (C=O) groups is 1. The van der Waals surface area contributed by atoms with E-state index in [1.54, 1.807) is 18.2 Å². The number of aryl methyl sites for hydroxylation is 1. The molecule has 0 aliphatic heterocycles. The first-order chi connectivity index (χ1) is 8.58. The Balaban J connectivity index is 2.22. The summed E-state index contributed by atoms with van der Waals surface area (Å²) in [5.74, 6) is -0.163. The van der Waals surface area contributed by atoms with Gasteiger partial charge in [0.15, 0.2) is 0 Å². The Morgan fingerprint density at radius 2 is 1.94 bits per heavy atom. The predicted octanol–water partition coefficient (Wildman–Crippen LogP) is 3.59. The smallest absolute Gasteiger partial charge is 0.255 e. The van der Waals surface area contributed by atoms with Gasteiger partial charge in [0.05, 0.1) is 11.4 Å². The van der Waals surface area contributed by atoms with Gasteiger partial charge in [0.2, 0.25) is 0 Å². The molecule has 2 aromatic rings. The Bertz CT molecular complexity index is 596. The fourth-order valence-electron chi connectivity index (χ4n) is 1.59. The van der Waals surface area contributed by atoms with Crippen molar-refractivity contribution in [1.82, 2.24) is 0 Å². The molecular weight excluding hydrogens is 292 g/mol. The van der Waals surface area contributed by atoms with E-state index in [1.165, 1.54) is 0 Å². The van der Waals surface area contributed by atoms with E-state index in [2.05, 4.69) is 21.2 Å². The number of rotatable bonds is 2. The van der Waals surface area contributed by atoms with Gasteiger partial charge >= 0.3 is 0 Å². The van der Waals surface area contributed by atoms with Gasteiger partial charge in [-0.15, -0.1) is 0 Å². The van der Waals surface area contributed by atoms with Crippen LogP contribution in [0.25, 0.3) is 0 Å². The number of amides is 1. The number of nitrogens with two attached hydrogens (primary N) is 1. The molecule has 2 aromatic carbocycles. The number of anilines is 2. The van der Waals surface area contributed by atoms with E-state index in [4.69, 9.17) is 5.73 Å². The summed E-state index contributed by atoms with van der Waals surface area (Å²) in [6.07, 6.45) is 0. The molecule has 0 bridgehead atoms. The molecule has 0 saturated carbocycles. The first-order valence-corrected chi connectivity index (χ1v) is 6.29. The van der Waals surface area contributed by atoms with Crippen molar-refractivity contribution in [3.8, 4) is 0 Å². The highest BCUT2D eigenvalue weighted by molar-refractivity contribution is 9.10. The van der Waals surface area contributed by atoms with Crippen molar-refractivity contribution in [2.75, 3.05) is 11.1 Å². The molecule has 2 rings (SSSR count). The van der Waals surface area contributed by atoms with Crippen LogP contribution in [0.5, 0.6) is 0 Å². The van der Waals surface area contributed by atoms with Crippen molar-refractivity contribution >= 4 is 33.2 Å². The Hall–Kier alpha value is -1.81. The number of hydrogen-bond donors (Lipinski definition) is 2. The molecule has 3 nitrogen and oxygen atoms in total. The maximum atomic E-state index is 12.0. The van der Waals surface area contributed by atoms with Gasteiger partial charge in [0.1, 0.15) is 0 Å². The highest BCUT2D eigenvalue weighted by atomic mass is 79.9. The summed E-state index contributed by atoms with van der Waals surface area (Å²) in [7, 11) is 0. The Morgan fingerprint density at radius 3 is 2.61 bits per heavy atom. The second-order valence-corrected chi connectivity index (χ2v) is 4.86. The summed E-state index contributed by atoms with van der Waals surface area (Å²) >= 11 is 3.41. The molecule has 0 unspecified atom stereocenters. The van der Waals surface area contributed by atoms with Crippen LogP contribution in [0.2, 0.25) is 0 Å². The maximum Gasteiger partial charge on any atom is 0.255 e. The zero-order chi connectivity index (χ0) is 13.1. The van der Waals surface area contributed by atoms with Crippen molar-refractivity contribution in [2.24, 2.45) is 0 Å². The van der Waals surface area contributed by atoms with E-state index in [9.17, 15) is 4.79 Å². The highest BCUT2D eigenvalue weighted by Crippen LogP contribution is 2.20. The lowest BCUT2D eigenvalue weighted by Gasteiger charge is -2.08. The van der Waals surface area contributed by atoms with Crippen molar-refractivity contribution in [2.45, 2.75) is 6.92 Å². The number of carbonyl (C=O) groups excluding carboxylic acids is 1. The van der Waals surface area contributed by atoms with Crippen molar-refractivity contribution in [1.29, 1.82) is 0 Å². The summed E-state index contributed by atoms with van der Waals surface area (Å²) in [6, 6.07) is 12.7. The predicted molar refractivity (Wildman–Crippen MR) is 77.7 cm³/mol. The molecule has 0 fully saturated rings. The Kier molecular flexibility index (Phi) is 3.67. The van der Waals surface area contributed by atoms with Crippen LogP contribution >= 0.6 is 15.9 Å². The lowest BCUT2D eigenvalue weighted by atomic mass is 10.1. The Labute approximate surface area is 114 Å². The molecule has 0 radical (unpaired) electrons. The third-order valence-electron chi connectivity index (χ3n) is 2.63. The minimum atomic E-state index is -0.163. The number of hydrogen-bond acceptors (Lipinski definition) is 2. The molecular formula is C14H13BrN2O. The number of nitrogen functional groups attached to an aromatic ring is 1. The van der Waals surface area contributed by atoms with Crippen LogP contribution in [0.4, 0.5) is 11.4 Å². The first-order valence-electron chi connectivity index (χ1n) is 5.50. The summed E-state index contributed by atoms with van der Waals surface area (Å²) in [5.41, 5.74) is 8.59. The second-order valence-electron chi connectivity index (χ2n) is 4.01. The second kappa shape index (κ2) is 5.23. The molecule has 0 spiro atoms. The van der Waals surface area contributed by atoms with Gasteiger partial charge in [-0.25, -0.2) is 0 Å². The first kappa shape index (κ1) is 12.6. The van der Waals surface area contributed by atoms with Crippen LogP contribution in [-0.4, -0.2) is 5.91 Å². The average molecular weight is 305 g/mol. The van der Waals surface area contributed by atoms with Crippen molar-refractivity contribution < 1.29 is 4.79 Å². The quantitative estimate of drug-likeness (QED) is 0.833. The van der Waals surface area contributed by atoms with Gasteiger partial charge < -0.3 is 11.1 Å². The summed E-state index contributed by atoms with van der Waals surface area (Å²) in [5, 5.41) is 2.79. The monoisotopic (exact) mass is 304 g/mol. The summed E-state index contributed by atoms with van der Waals surface area (Å²) in [4.78, 5) is 12.0. The molecule has 0 saturated heterocycles. The molecule has 0 aromatic heterocycles. The molecule has 92 valence electrons. The van der Waals surface area contributed by atoms with Gasteiger partial charge in [-0.2, -0.15) is 0 Å². The highest BCUT2D eigenvalue weighted by Gasteiger charge is 2.08. The van der Waals surface area contributed by atoms with E-state index in [0.717, 1.165) is 10.0 Å². The van der Waals surface area contributed by atoms with E-state index < -0.39 is 0 Å². The van der Waals surface area contributed by atoms with Crippen LogP contribution in [0.3, 0.4) is 0 Å². The van der Waals surface area contributed by atoms with Crippen LogP contribution in [-0.2, 0) is 0 Å². The molecule has 0 aliphatic carbocycles. The number of para-hydroxylation sites is 2. The third-order valence-corrected chi connectivity index (χ3v) is 3.52. The zero-order valence-electron chi connectivity index (χ0n) is 9.91. The van der Waals surface area contributed by atoms with Crippen LogP contribution in [0, 0.1) is 6.92 Å². The van der Waals surface area contributed by atoms with Crippen molar-refractivity contribution in [3.05, 3.63) is 58.1 Å². The number of benzene rings is 2. The fraction of sp³-hybridized carbons (Fsp3) is 0.0714. The van der Waals surface area contributed by atoms with Crippen LogP contribution < -0.4 is 11.1 Å². The largest absolute Gasteiger partial charge is 0.397 e. The van der Waals surface area contributed by atoms with Gasteiger partial charge in [-0.05, 0) is 42.8 Å². The van der Waals surface area contributed by atoms with Crippen molar-refractivity contribution in [3.63, 3.8) is 0 Å². The van der Waals surface area contributed by atoms with Gasteiger partial charge in [0, 0.05) is 10.0 Å². The zero-order valence-corrected chi connectivity index (χ0v) is 11.5. The van der Waals surface area contributed by atoms with Gasteiger partial charge in [-0.1, -0.05) is 28.1 Å². The number of halogens is 1. The number of nitrogens with one attached hydrogen (secondary N) is 1. The minimum Gasteiger partial charge on any atom is -0.397 e. The molecule has 0 atom stereocenters. The van der Waals surface area contributed by atoms with Gasteiger partial charge in [0.25, 0.3) is 5.91 Å². The normalized spacial score (nSPS) is 10.1. The van der Waals surface area contributed by atoms with Crippen LogP contribution in [0.1, 0.15) is 15.9 Å². The van der Waals surface area contributed by atoms with E-state index in [-0.39, 0.29) is 5.91 Å². The molecule has 18 heavy (non-hydrogen) atoms. The molecule has 3 N–H and O–H groups in total. The Morgan fingerprint density at radius 1 is 1.22 bits per heavy atom. The fourth-order valence-corrected chi connectivity index (χ4v) is 1.84. The SMILES string of the molecule is Cc1cc(C(=O)Nc2ccccc2N)ccc1Br. The third kappa shape index (κ3) is 2.71. The van der Waals surface area contributed by atoms with Gasteiger partial charge in [-0.3, -0.25) is 4.79 Å². The molecule has 1 amide bonds. The molecule has 4 heteroatoms. The average Bonchev–Trinajstić information content (AvgIpc) is 2.35. The topological polar surface area (TPSA) is 55.1 Å². The molecule has 0 aliphatic rings. The van der Waals surface area contributed by atoms with E-state index in [1.807, 2.05) is 31.2 Å². The standard InChI is InChI=1S/C14H13BrN2O/c1-9-8-10(6-7-11(9)15)14(18)17-13-5-3-2-4-12(13)16/h2-8H,16H2,1H3,(H,17,18). The van der Waals surface area contributed by atoms with E-state index in [0.29, 0.717) is 16.9 Å². The lowest BCUT2D eigenvalue weighted by molar-refractivity contribution is 0.102. The van der Waals surface area contributed by atoms with Crippen LogP contribution in [0.15, 0.2) is 46.9 Å². The summed E-state index contributed by atoms with van der Waals surface area (Å²) < 4.78 is 0.985. The molecule has 0 heterocycles. The lowest BCUT2D eigenvalue weighted by Crippen LogP contribution is -2.13. The minimum absolute atomic E-state index is 0.163. The maximum absolute atomic E-state index is 12.0. The van der Waals surface area contributed by atoms with E-state index >= 15 is 0 Å². The summed E-state index contributed by atoms with van der Waals surface area (Å²) in [6.45, 7) is 1.94.